The predicted octanol–water partition coefficient (Wildman–Crippen LogP) is 3.96. The lowest BCUT2D eigenvalue weighted by atomic mass is 9.99. The maximum atomic E-state index is 13.1. The molecule has 0 atom stereocenters. The molecule has 0 spiro atoms. The highest BCUT2D eigenvalue weighted by molar-refractivity contribution is 5.97. The van der Waals surface area contributed by atoms with Gasteiger partial charge in [-0.25, -0.2) is 4.98 Å². The molecule has 0 saturated carbocycles. The maximum absolute atomic E-state index is 13.1. The van der Waals surface area contributed by atoms with Gasteiger partial charge in [-0.2, -0.15) is 0 Å². The molecule has 5 heteroatoms. The molecule has 142 valence electrons. The van der Waals surface area contributed by atoms with Crippen LogP contribution in [-0.2, 0) is 13.0 Å². The quantitative estimate of drug-likeness (QED) is 0.694. The van der Waals surface area contributed by atoms with E-state index in [2.05, 4.69) is 17.1 Å². The van der Waals surface area contributed by atoms with E-state index < -0.39 is 0 Å². The molecule has 0 fully saturated rings. The normalized spacial score (nSPS) is 13.0. The fraction of sp³-hybridized carbons (Fsp3) is 0.217. The van der Waals surface area contributed by atoms with Crippen molar-refractivity contribution in [2.45, 2.75) is 13.0 Å². The van der Waals surface area contributed by atoms with Gasteiger partial charge in [-0.15, -0.1) is 0 Å². The number of methoxy groups -OCH3 is 2. The van der Waals surface area contributed by atoms with Gasteiger partial charge >= 0.3 is 0 Å². The second kappa shape index (κ2) is 7.72. The van der Waals surface area contributed by atoms with Gasteiger partial charge in [0.15, 0.2) is 0 Å². The molecule has 2 aromatic carbocycles. The van der Waals surface area contributed by atoms with Crippen molar-refractivity contribution in [2.75, 3.05) is 20.8 Å². The summed E-state index contributed by atoms with van der Waals surface area (Å²) < 4.78 is 10.7. The number of carbonyl (C=O) groups is 1. The van der Waals surface area contributed by atoms with Crippen LogP contribution in [0.2, 0.25) is 0 Å². The molecule has 1 aliphatic rings. The van der Waals surface area contributed by atoms with E-state index in [-0.39, 0.29) is 5.91 Å². The van der Waals surface area contributed by atoms with Crippen LogP contribution in [0.3, 0.4) is 0 Å². The lowest BCUT2D eigenvalue weighted by molar-refractivity contribution is 0.0730. The number of fused-ring (bicyclic) bond motifs is 1. The van der Waals surface area contributed by atoms with Crippen LogP contribution in [0, 0.1) is 0 Å². The van der Waals surface area contributed by atoms with Gasteiger partial charge in [-0.05, 0) is 41.8 Å². The van der Waals surface area contributed by atoms with E-state index in [0.717, 1.165) is 23.4 Å². The Morgan fingerprint density at radius 3 is 2.57 bits per heavy atom. The van der Waals surface area contributed by atoms with Gasteiger partial charge < -0.3 is 14.4 Å². The van der Waals surface area contributed by atoms with Crippen molar-refractivity contribution in [3.8, 4) is 22.9 Å². The highest BCUT2D eigenvalue weighted by atomic mass is 16.5. The molecular weight excluding hydrogens is 352 g/mol. The first-order chi connectivity index (χ1) is 13.7. The molecule has 28 heavy (non-hydrogen) atoms. The van der Waals surface area contributed by atoms with Crippen LogP contribution in [0.4, 0.5) is 0 Å². The molecule has 0 N–H and O–H groups in total. The Labute approximate surface area is 164 Å². The maximum Gasteiger partial charge on any atom is 0.259 e. The minimum absolute atomic E-state index is 0.0592. The fourth-order valence-electron chi connectivity index (χ4n) is 3.54. The first-order valence-electron chi connectivity index (χ1n) is 9.25. The Balaban J connectivity index is 1.62. The Morgan fingerprint density at radius 2 is 1.79 bits per heavy atom. The first kappa shape index (κ1) is 18.0. The monoisotopic (exact) mass is 374 g/mol. The van der Waals surface area contributed by atoms with Crippen LogP contribution in [0.15, 0.2) is 60.7 Å². The number of aromatic nitrogens is 1. The third-order valence-electron chi connectivity index (χ3n) is 5.07. The van der Waals surface area contributed by atoms with Crippen LogP contribution in [0.1, 0.15) is 21.5 Å². The summed E-state index contributed by atoms with van der Waals surface area (Å²) in [4.78, 5) is 19.5. The molecule has 1 amide bonds. The molecule has 0 aliphatic carbocycles. The summed E-state index contributed by atoms with van der Waals surface area (Å²) in [5.41, 5.74) is 4.63. The van der Waals surface area contributed by atoms with Crippen LogP contribution in [-0.4, -0.2) is 36.6 Å². The molecule has 0 bridgehead atoms. The minimum atomic E-state index is -0.0592. The zero-order chi connectivity index (χ0) is 19.5. The number of carbonyl (C=O) groups excluding carboxylic acids is 1. The van der Waals surface area contributed by atoms with E-state index in [9.17, 15) is 4.79 Å². The van der Waals surface area contributed by atoms with Gasteiger partial charge in [-0.3, -0.25) is 4.79 Å². The summed E-state index contributed by atoms with van der Waals surface area (Å²) >= 11 is 0. The number of nitrogens with zero attached hydrogens (tertiary/aromatic N) is 2. The van der Waals surface area contributed by atoms with E-state index >= 15 is 0 Å². The van der Waals surface area contributed by atoms with Gasteiger partial charge in [0.25, 0.3) is 5.91 Å². The summed E-state index contributed by atoms with van der Waals surface area (Å²) in [6.45, 7) is 1.30. The zero-order valence-electron chi connectivity index (χ0n) is 16.0. The van der Waals surface area contributed by atoms with E-state index in [1.165, 1.54) is 11.1 Å². The molecule has 4 rings (SSSR count). The minimum Gasteiger partial charge on any atom is -0.497 e. The number of hydrogen-bond donors (Lipinski definition) is 0. The Hall–Kier alpha value is -3.34. The molecule has 0 saturated heterocycles. The molecule has 0 radical (unpaired) electrons. The average Bonchev–Trinajstić information content (AvgIpc) is 2.77. The molecule has 1 aliphatic heterocycles. The molecule has 1 aromatic heterocycles. The second-order valence-corrected chi connectivity index (χ2v) is 6.73. The fourth-order valence-corrected chi connectivity index (χ4v) is 3.54. The smallest absolute Gasteiger partial charge is 0.259 e. The number of pyridine rings is 1. The van der Waals surface area contributed by atoms with Gasteiger partial charge in [0.2, 0.25) is 5.88 Å². The van der Waals surface area contributed by atoms with Gasteiger partial charge in [0, 0.05) is 18.7 Å². The number of rotatable bonds is 4. The Kier molecular flexibility index (Phi) is 4.98. The van der Waals surface area contributed by atoms with E-state index in [1.807, 2.05) is 47.4 Å². The van der Waals surface area contributed by atoms with Crippen molar-refractivity contribution in [2.24, 2.45) is 0 Å². The largest absolute Gasteiger partial charge is 0.497 e. The van der Waals surface area contributed by atoms with Crippen molar-refractivity contribution in [1.29, 1.82) is 0 Å². The highest BCUT2D eigenvalue weighted by Crippen LogP contribution is 2.28. The topological polar surface area (TPSA) is 51.7 Å². The highest BCUT2D eigenvalue weighted by Gasteiger charge is 2.24. The Morgan fingerprint density at radius 1 is 0.964 bits per heavy atom. The van der Waals surface area contributed by atoms with Crippen LogP contribution >= 0.6 is 0 Å². The summed E-state index contributed by atoms with van der Waals surface area (Å²) in [6.07, 6.45) is 0.861. The van der Waals surface area contributed by atoms with Crippen molar-refractivity contribution in [1.82, 2.24) is 9.88 Å². The SMILES string of the molecule is COc1cccc(-c2ccc(C(=O)N3CCc4ccccc4C3)c(OC)n2)c1. The summed E-state index contributed by atoms with van der Waals surface area (Å²) in [7, 11) is 3.17. The van der Waals surface area contributed by atoms with Gasteiger partial charge in [0.05, 0.1) is 19.9 Å². The number of benzene rings is 2. The van der Waals surface area contributed by atoms with Crippen molar-refractivity contribution in [3.63, 3.8) is 0 Å². The standard InChI is InChI=1S/C23H22N2O3/c1-27-19-9-5-8-17(14-19)21-11-10-20(22(24-21)28-2)23(26)25-13-12-16-6-3-4-7-18(16)15-25/h3-11,14H,12-13,15H2,1-2H3. The van der Waals surface area contributed by atoms with E-state index in [0.29, 0.717) is 24.5 Å². The molecule has 0 unspecified atom stereocenters. The zero-order valence-corrected chi connectivity index (χ0v) is 16.0. The second-order valence-electron chi connectivity index (χ2n) is 6.73. The molecule has 5 nitrogen and oxygen atoms in total. The van der Waals surface area contributed by atoms with Crippen LogP contribution in [0.25, 0.3) is 11.3 Å². The first-order valence-corrected chi connectivity index (χ1v) is 9.25. The van der Waals surface area contributed by atoms with Crippen molar-refractivity contribution in [3.05, 3.63) is 77.4 Å². The number of ether oxygens (including phenoxy) is 2. The van der Waals surface area contributed by atoms with Crippen LogP contribution in [0.5, 0.6) is 11.6 Å². The Bertz CT molecular complexity index is 1020. The van der Waals surface area contributed by atoms with Gasteiger partial charge in [0.1, 0.15) is 11.3 Å². The third kappa shape index (κ3) is 3.43. The molecule has 3 aromatic rings. The van der Waals surface area contributed by atoms with Gasteiger partial charge in [-0.1, -0.05) is 36.4 Å². The molecule has 2 heterocycles. The summed E-state index contributed by atoms with van der Waals surface area (Å²) in [6, 6.07) is 19.6. The lowest BCUT2D eigenvalue weighted by Crippen LogP contribution is -2.36. The number of amides is 1. The summed E-state index contributed by atoms with van der Waals surface area (Å²) in [5, 5.41) is 0. The van der Waals surface area contributed by atoms with Crippen LogP contribution < -0.4 is 9.47 Å². The number of hydrogen-bond acceptors (Lipinski definition) is 4. The van der Waals surface area contributed by atoms with Crippen molar-refractivity contribution >= 4 is 5.91 Å². The average molecular weight is 374 g/mol. The predicted molar refractivity (Wildman–Crippen MR) is 108 cm³/mol. The van der Waals surface area contributed by atoms with E-state index in [1.54, 1.807) is 20.3 Å². The van der Waals surface area contributed by atoms with E-state index in [4.69, 9.17) is 9.47 Å². The molecular formula is C23H22N2O3. The van der Waals surface area contributed by atoms with Crippen molar-refractivity contribution < 1.29 is 14.3 Å². The summed E-state index contributed by atoms with van der Waals surface area (Å²) in [5.74, 6) is 1.03. The third-order valence-corrected chi connectivity index (χ3v) is 5.07. The lowest BCUT2D eigenvalue weighted by Gasteiger charge is -2.29.